The van der Waals surface area contributed by atoms with E-state index in [4.69, 9.17) is 4.74 Å². The smallest absolute Gasteiger partial charge is 0.223 e. The maximum absolute atomic E-state index is 6.01. The van der Waals surface area contributed by atoms with Gasteiger partial charge in [-0.05, 0) is 18.1 Å². The van der Waals surface area contributed by atoms with Crippen LogP contribution in [0.1, 0.15) is 50.5 Å². The number of aromatic nitrogens is 1. The molecule has 0 amide bonds. The monoisotopic (exact) mass is 381 g/mol. The Morgan fingerprint density at radius 2 is 2.00 bits per heavy atom. The highest BCUT2D eigenvalue weighted by molar-refractivity contribution is 6.11. The fraction of sp³-hybridized carbons (Fsp3) is 0.421. The molecule has 25 heavy (non-hydrogen) atoms. The lowest BCUT2D eigenvalue weighted by Gasteiger charge is -2.18. The lowest BCUT2D eigenvalue weighted by molar-refractivity contribution is 0.268. The van der Waals surface area contributed by atoms with Gasteiger partial charge in [-0.1, -0.05) is 38.7 Å². The molecular weight excluding hydrogens is 357 g/mol. The summed E-state index contributed by atoms with van der Waals surface area (Å²) in [7, 11) is 0. The van der Waals surface area contributed by atoms with Gasteiger partial charge in [-0.2, -0.15) is 0 Å². The number of hydrogen-bond donors (Lipinski definition) is 0. The standard InChI is InChI=1S/C19H23N3O.2ClH/c1-2-3-4-5-7-16(15-8-6-9-20-10-15)14-23-19-18-13-21-11-17(18)12-22-19;;/h6,8-13,16H,2-5,7,14H2,1H3;2*1H. The van der Waals surface area contributed by atoms with E-state index in [1.165, 1.54) is 31.2 Å². The Hall–Kier alpha value is -1.65. The van der Waals surface area contributed by atoms with Gasteiger partial charge >= 0.3 is 0 Å². The van der Waals surface area contributed by atoms with E-state index in [1.54, 1.807) is 0 Å². The Balaban J connectivity index is 0.00000156. The fourth-order valence-corrected chi connectivity index (χ4v) is 2.89. The molecule has 0 aliphatic carbocycles. The third-order valence-corrected chi connectivity index (χ3v) is 4.26. The van der Waals surface area contributed by atoms with E-state index in [9.17, 15) is 0 Å². The highest BCUT2D eigenvalue weighted by Crippen LogP contribution is 2.26. The molecule has 0 fully saturated rings. The van der Waals surface area contributed by atoms with Gasteiger partial charge in [0.15, 0.2) is 0 Å². The van der Waals surface area contributed by atoms with E-state index in [0.29, 0.717) is 18.4 Å². The molecule has 2 aliphatic rings. The summed E-state index contributed by atoms with van der Waals surface area (Å²) in [4.78, 5) is 12.8. The Kier molecular flexibility index (Phi) is 9.46. The molecule has 3 rings (SSSR count). The van der Waals surface area contributed by atoms with Crippen molar-refractivity contribution in [3.05, 3.63) is 53.6 Å². The molecule has 1 unspecified atom stereocenters. The number of aliphatic imine (C=N–C) groups is 2. The first-order chi connectivity index (χ1) is 11.4. The number of pyridine rings is 1. The van der Waals surface area contributed by atoms with Gasteiger partial charge in [-0.15, -0.1) is 24.8 Å². The molecule has 1 aromatic rings. The number of rotatable bonds is 8. The summed E-state index contributed by atoms with van der Waals surface area (Å²) >= 11 is 0. The first-order valence-electron chi connectivity index (χ1n) is 8.43. The van der Waals surface area contributed by atoms with E-state index in [-0.39, 0.29) is 24.8 Å². The normalized spacial score (nSPS) is 15.3. The molecule has 0 N–H and O–H groups in total. The van der Waals surface area contributed by atoms with E-state index in [2.05, 4.69) is 28.0 Å². The Bertz CT molecular complexity index is 654. The summed E-state index contributed by atoms with van der Waals surface area (Å²) in [6.45, 7) is 2.87. The molecule has 0 saturated carbocycles. The molecule has 3 heterocycles. The number of ether oxygens (including phenoxy) is 1. The summed E-state index contributed by atoms with van der Waals surface area (Å²) in [6, 6.07) is 4.13. The van der Waals surface area contributed by atoms with Crippen molar-refractivity contribution in [1.29, 1.82) is 0 Å². The second kappa shape index (κ2) is 11.1. The van der Waals surface area contributed by atoms with Crippen molar-refractivity contribution in [3.63, 3.8) is 0 Å². The van der Waals surface area contributed by atoms with E-state index < -0.39 is 0 Å². The summed E-state index contributed by atoms with van der Waals surface area (Å²) in [5.74, 6) is 1.05. The van der Waals surface area contributed by atoms with Crippen molar-refractivity contribution < 1.29 is 4.74 Å². The van der Waals surface area contributed by atoms with Gasteiger partial charge in [-0.3, -0.25) is 9.98 Å². The Morgan fingerprint density at radius 1 is 1.12 bits per heavy atom. The summed E-state index contributed by atoms with van der Waals surface area (Å²) in [6.07, 6.45) is 15.4. The molecule has 0 bridgehead atoms. The first kappa shape index (κ1) is 21.4. The van der Waals surface area contributed by atoms with Crippen LogP contribution < -0.4 is 0 Å². The minimum absolute atomic E-state index is 0. The fourth-order valence-electron chi connectivity index (χ4n) is 2.89. The van der Waals surface area contributed by atoms with Crippen LogP contribution in [-0.2, 0) is 4.74 Å². The van der Waals surface area contributed by atoms with Gasteiger partial charge in [0, 0.05) is 42.5 Å². The molecule has 6 heteroatoms. The molecule has 0 spiro atoms. The number of unbranched alkanes of at least 4 members (excludes halogenated alkanes) is 3. The summed E-state index contributed by atoms with van der Waals surface area (Å²) in [5, 5.41) is 0. The van der Waals surface area contributed by atoms with E-state index in [1.807, 2.05) is 37.1 Å². The average molecular weight is 382 g/mol. The number of nitrogens with zero attached hydrogens (tertiary/aromatic N) is 3. The topological polar surface area (TPSA) is 46.8 Å². The highest BCUT2D eigenvalue weighted by atomic mass is 35.5. The van der Waals surface area contributed by atoms with Crippen LogP contribution in [0, 0.1) is 0 Å². The van der Waals surface area contributed by atoms with Gasteiger partial charge in [-0.25, -0.2) is 4.99 Å². The van der Waals surface area contributed by atoms with Crippen molar-refractivity contribution in [3.8, 4) is 0 Å². The van der Waals surface area contributed by atoms with Crippen LogP contribution in [0.25, 0.3) is 0 Å². The molecule has 1 aromatic heterocycles. The van der Waals surface area contributed by atoms with Crippen molar-refractivity contribution in [2.45, 2.75) is 44.9 Å². The Labute approximate surface area is 162 Å². The molecular formula is C19H25Cl2N3O. The third-order valence-electron chi connectivity index (χ3n) is 4.26. The second-order valence-electron chi connectivity index (χ2n) is 5.98. The van der Waals surface area contributed by atoms with Crippen LogP contribution in [-0.4, -0.2) is 23.7 Å². The van der Waals surface area contributed by atoms with Crippen molar-refractivity contribution >= 4 is 36.9 Å². The maximum Gasteiger partial charge on any atom is 0.223 e. The number of halogens is 2. The van der Waals surface area contributed by atoms with Gasteiger partial charge in [0.2, 0.25) is 5.90 Å². The lowest BCUT2D eigenvalue weighted by Crippen LogP contribution is -2.14. The quantitative estimate of drug-likeness (QED) is 0.576. The minimum Gasteiger partial charge on any atom is -0.477 e. The van der Waals surface area contributed by atoms with Crippen LogP contribution in [0.2, 0.25) is 0 Å². The Morgan fingerprint density at radius 3 is 2.76 bits per heavy atom. The highest BCUT2D eigenvalue weighted by Gasteiger charge is 2.22. The molecule has 1 atom stereocenters. The summed E-state index contributed by atoms with van der Waals surface area (Å²) in [5.41, 5.74) is 3.29. The van der Waals surface area contributed by atoms with Gasteiger partial charge < -0.3 is 4.74 Å². The largest absolute Gasteiger partial charge is 0.477 e. The van der Waals surface area contributed by atoms with Crippen molar-refractivity contribution in [2.24, 2.45) is 9.98 Å². The lowest BCUT2D eigenvalue weighted by atomic mass is 9.95. The van der Waals surface area contributed by atoms with Crippen LogP contribution in [0.4, 0.5) is 0 Å². The van der Waals surface area contributed by atoms with E-state index >= 15 is 0 Å². The van der Waals surface area contributed by atoms with Crippen LogP contribution in [0.5, 0.6) is 0 Å². The first-order valence-corrected chi connectivity index (χ1v) is 8.43. The molecule has 0 saturated heterocycles. The zero-order valence-electron chi connectivity index (χ0n) is 14.4. The van der Waals surface area contributed by atoms with Crippen LogP contribution in [0.15, 0.2) is 58.1 Å². The van der Waals surface area contributed by atoms with Crippen molar-refractivity contribution in [2.75, 3.05) is 6.61 Å². The second-order valence-corrected chi connectivity index (χ2v) is 5.98. The molecule has 0 aromatic carbocycles. The number of fused-ring (bicyclic) bond motifs is 1. The minimum atomic E-state index is 0. The molecule has 136 valence electrons. The predicted molar refractivity (Wildman–Crippen MR) is 108 cm³/mol. The third kappa shape index (κ3) is 5.68. The molecule has 4 nitrogen and oxygen atoms in total. The zero-order valence-corrected chi connectivity index (χ0v) is 16.1. The zero-order chi connectivity index (χ0) is 15.9. The van der Waals surface area contributed by atoms with E-state index in [0.717, 1.165) is 17.6 Å². The molecule has 2 aliphatic heterocycles. The van der Waals surface area contributed by atoms with Crippen molar-refractivity contribution in [1.82, 2.24) is 4.98 Å². The van der Waals surface area contributed by atoms with Crippen LogP contribution >= 0.6 is 24.8 Å². The SMILES string of the molecule is CCCCCCC(COC1=NC=C2C=NC=C21)c1cccnc1.Cl.Cl. The summed E-state index contributed by atoms with van der Waals surface area (Å²) < 4.78 is 6.01. The average Bonchev–Trinajstić information content (AvgIpc) is 3.19. The number of hydrogen-bond acceptors (Lipinski definition) is 4. The van der Waals surface area contributed by atoms with Gasteiger partial charge in [0.25, 0.3) is 0 Å². The van der Waals surface area contributed by atoms with Crippen LogP contribution in [0.3, 0.4) is 0 Å². The van der Waals surface area contributed by atoms with Gasteiger partial charge in [0.1, 0.15) is 0 Å². The van der Waals surface area contributed by atoms with Gasteiger partial charge in [0.05, 0.1) is 12.2 Å². The predicted octanol–water partition coefficient (Wildman–Crippen LogP) is 5.26. The molecule has 0 radical (unpaired) electrons. The maximum atomic E-state index is 6.01.